The van der Waals surface area contributed by atoms with Crippen LogP contribution in [0.3, 0.4) is 0 Å². The average Bonchev–Trinajstić information content (AvgIpc) is 2.98. The predicted molar refractivity (Wildman–Crippen MR) is 86.0 cm³/mol. The Morgan fingerprint density at radius 3 is 2.62 bits per heavy atom. The third kappa shape index (κ3) is 3.61. The van der Waals surface area contributed by atoms with Crippen molar-refractivity contribution in [3.8, 4) is 0 Å². The van der Waals surface area contributed by atoms with Crippen molar-refractivity contribution < 1.29 is 14.7 Å². The van der Waals surface area contributed by atoms with Crippen molar-refractivity contribution in [3.05, 3.63) is 18.5 Å². The minimum atomic E-state index is -1.11. The van der Waals surface area contributed by atoms with Gasteiger partial charge in [0, 0.05) is 12.0 Å². The van der Waals surface area contributed by atoms with E-state index in [1.165, 1.54) is 15.7 Å². The molecule has 0 radical (unpaired) electrons. The Morgan fingerprint density at radius 1 is 1.46 bits per heavy atom. The van der Waals surface area contributed by atoms with Crippen LogP contribution in [-0.2, 0) is 15.0 Å². The normalized spacial score (nSPS) is 17.8. The van der Waals surface area contributed by atoms with Gasteiger partial charge in [0.1, 0.15) is 11.6 Å². The number of tetrazole rings is 1. The standard InChI is InChI=1S/C15H24N6O3/c1-6-11(22)20-8-15(24,9-20)7-16-12(23)10(2)21-13(14(3,4)5)17-18-19-21/h6,10,24H,1,7-9H2,2-5H3,(H,16,23). The van der Waals surface area contributed by atoms with Crippen molar-refractivity contribution in [1.29, 1.82) is 0 Å². The van der Waals surface area contributed by atoms with Crippen molar-refractivity contribution in [2.75, 3.05) is 19.6 Å². The second-order valence-corrected chi connectivity index (χ2v) is 7.21. The molecule has 0 spiro atoms. The minimum Gasteiger partial charge on any atom is -0.384 e. The molecule has 1 unspecified atom stereocenters. The van der Waals surface area contributed by atoms with Crippen LogP contribution >= 0.6 is 0 Å². The van der Waals surface area contributed by atoms with E-state index in [0.29, 0.717) is 5.82 Å². The van der Waals surface area contributed by atoms with Crippen molar-refractivity contribution in [2.45, 2.75) is 44.8 Å². The predicted octanol–water partition coefficient (Wildman–Crippen LogP) is -0.593. The van der Waals surface area contributed by atoms with Gasteiger partial charge in [-0.1, -0.05) is 27.4 Å². The first-order valence-corrected chi connectivity index (χ1v) is 7.77. The molecule has 9 heteroatoms. The molecule has 0 aromatic carbocycles. The summed E-state index contributed by atoms with van der Waals surface area (Å²) in [6.07, 6.45) is 1.20. The summed E-state index contributed by atoms with van der Waals surface area (Å²) in [6, 6.07) is -0.608. The van der Waals surface area contributed by atoms with Crippen LogP contribution in [0.25, 0.3) is 0 Å². The lowest BCUT2D eigenvalue weighted by atomic mass is 9.93. The third-order valence-corrected chi connectivity index (χ3v) is 3.96. The Balaban J connectivity index is 1.93. The van der Waals surface area contributed by atoms with Gasteiger partial charge >= 0.3 is 0 Å². The molecular weight excluding hydrogens is 312 g/mol. The summed E-state index contributed by atoms with van der Waals surface area (Å²) >= 11 is 0. The van der Waals surface area contributed by atoms with Gasteiger partial charge in [0.15, 0.2) is 5.82 Å². The van der Waals surface area contributed by atoms with Crippen LogP contribution in [0.5, 0.6) is 0 Å². The second kappa shape index (κ2) is 6.31. The SMILES string of the molecule is C=CC(=O)N1CC(O)(CNC(=O)C(C)n2nnnc2C(C)(C)C)C1. The average molecular weight is 336 g/mol. The molecule has 2 amide bonds. The van der Waals surface area contributed by atoms with E-state index in [9.17, 15) is 14.7 Å². The molecular formula is C15H24N6O3. The Morgan fingerprint density at radius 2 is 2.08 bits per heavy atom. The first-order valence-electron chi connectivity index (χ1n) is 7.77. The smallest absolute Gasteiger partial charge is 0.246 e. The Labute approximate surface area is 140 Å². The van der Waals surface area contributed by atoms with Crippen LogP contribution in [0, 0.1) is 0 Å². The molecule has 1 atom stereocenters. The number of β-amino-alcohol motifs (C(OH)–C–C–N with tert-alkyl or cyclic N) is 1. The fourth-order valence-corrected chi connectivity index (χ4v) is 2.52. The molecule has 2 N–H and O–H groups in total. The number of hydrogen-bond acceptors (Lipinski definition) is 6. The van der Waals surface area contributed by atoms with E-state index in [0.717, 1.165) is 0 Å². The summed E-state index contributed by atoms with van der Waals surface area (Å²) in [6.45, 7) is 11.4. The summed E-state index contributed by atoms with van der Waals surface area (Å²) < 4.78 is 1.48. The fourth-order valence-electron chi connectivity index (χ4n) is 2.52. The molecule has 0 saturated carbocycles. The molecule has 1 fully saturated rings. The molecule has 2 rings (SSSR count). The Bertz CT molecular complexity index is 642. The van der Waals surface area contributed by atoms with Gasteiger partial charge in [0.25, 0.3) is 0 Å². The van der Waals surface area contributed by atoms with Gasteiger partial charge in [-0.2, -0.15) is 0 Å². The zero-order valence-corrected chi connectivity index (χ0v) is 14.5. The number of amides is 2. The highest BCUT2D eigenvalue weighted by atomic mass is 16.3. The minimum absolute atomic E-state index is 0.0596. The highest BCUT2D eigenvalue weighted by Crippen LogP contribution is 2.22. The monoisotopic (exact) mass is 336 g/mol. The molecule has 1 saturated heterocycles. The maximum Gasteiger partial charge on any atom is 0.246 e. The van der Waals surface area contributed by atoms with Gasteiger partial charge in [-0.25, -0.2) is 4.68 Å². The van der Waals surface area contributed by atoms with Crippen molar-refractivity contribution >= 4 is 11.8 Å². The molecule has 24 heavy (non-hydrogen) atoms. The topological polar surface area (TPSA) is 113 Å². The summed E-state index contributed by atoms with van der Waals surface area (Å²) in [5.74, 6) is 0.0767. The molecule has 0 bridgehead atoms. The van der Waals surface area contributed by atoms with Crippen LogP contribution < -0.4 is 5.32 Å². The van der Waals surface area contributed by atoms with Gasteiger partial charge in [-0.05, 0) is 23.4 Å². The van der Waals surface area contributed by atoms with E-state index in [4.69, 9.17) is 0 Å². The number of likely N-dealkylation sites (tertiary alicyclic amines) is 1. The number of nitrogens with one attached hydrogen (secondary N) is 1. The van der Waals surface area contributed by atoms with Gasteiger partial charge < -0.3 is 15.3 Å². The highest BCUT2D eigenvalue weighted by Gasteiger charge is 2.43. The lowest BCUT2D eigenvalue weighted by Crippen LogP contribution is -2.67. The van der Waals surface area contributed by atoms with Crippen LogP contribution in [0.2, 0.25) is 0 Å². The lowest BCUT2D eigenvalue weighted by Gasteiger charge is -2.46. The van der Waals surface area contributed by atoms with Gasteiger partial charge in [-0.3, -0.25) is 9.59 Å². The first kappa shape index (κ1) is 18.1. The van der Waals surface area contributed by atoms with Crippen molar-refractivity contribution in [3.63, 3.8) is 0 Å². The second-order valence-electron chi connectivity index (χ2n) is 7.21. The molecule has 1 aliphatic rings. The summed E-state index contributed by atoms with van der Waals surface area (Å²) in [7, 11) is 0. The number of carbonyl (C=O) groups is 2. The number of carbonyl (C=O) groups excluding carboxylic acids is 2. The molecule has 1 aromatic heterocycles. The summed E-state index contributed by atoms with van der Waals surface area (Å²) in [4.78, 5) is 25.2. The van der Waals surface area contributed by atoms with E-state index in [-0.39, 0.29) is 36.9 Å². The van der Waals surface area contributed by atoms with Crippen molar-refractivity contribution in [1.82, 2.24) is 30.4 Å². The zero-order chi connectivity index (χ0) is 18.1. The van der Waals surface area contributed by atoms with E-state index in [2.05, 4.69) is 27.4 Å². The molecule has 132 valence electrons. The largest absolute Gasteiger partial charge is 0.384 e. The zero-order valence-electron chi connectivity index (χ0n) is 14.5. The van der Waals surface area contributed by atoms with E-state index in [1.807, 2.05) is 20.8 Å². The quantitative estimate of drug-likeness (QED) is 0.695. The summed E-state index contributed by atoms with van der Waals surface area (Å²) in [5.41, 5.74) is -1.41. The number of aliphatic hydroxyl groups is 1. The van der Waals surface area contributed by atoms with Gasteiger partial charge in [0.2, 0.25) is 11.8 Å². The maximum atomic E-state index is 12.3. The molecule has 2 heterocycles. The third-order valence-electron chi connectivity index (χ3n) is 3.96. The van der Waals surface area contributed by atoms with Gasteiger partial charge in [0.05, 0.1) is 13.1 Å². The van der Waals surface area contributed by atoms with Crippen molar-refractivity contribution in [2.24, 2.45) is 0 Å². The number of rotatable bonds is 5. The van der Waals surface area contributed by atoms with E-state index < -0.39 is 11.6 Å². The highest BCUT2D eigenvalue weighted by molar-refractivity contribution is 5.88. The maximum absolute atomic E-state index is 12.3. The molecule has 1 aromatic rings. The molecule has 9 nitrogen and oxygen atoms in total. The van der Waals surface area contributed by atoms with E-state index in [1.54, 1.807) is 6.92 Å². The number of nitrogens with zero attached hydrogens (tertiary/aromatic N) is 5. The van der Waals surface area contributed by atoms with Crippen LogP contribution in [-0.4, -0.2) is 67.3 Å². The Kier molecular flexibility index (Phi) is 4.75. The number of hydrogen-bond donors (Lipinski definition) is 2. The van der Waals surface area contributed by atoms with Gasteiger partial charge in [-0.15, -0.1) is 5.10 Å². The van der Waals surface area contributed by atoms with Crippen LogP contribution in [0.4, 0.5) is 0 Å². The summed E-state index contributed by atoms with van der Waals surface area (Å²) in [5, 5.41) is 24.5. The molecule has 1 aliphatic heterocycles. The first-order chi connectivity index (χ1) is 11.1. The lowest BCUT2D eigenvalue weighted by molar-refractivity contribution is -0.150. The fraction of sp³-hybridized carbons (Fsp3) is 0.667. The van der Waals surface area contributed by atoms with Crippen LogP contribution in [0.15, 0.2) is 12.7 Å². The number of aromatic nitrogens is 4. The van der Waals surface area contributed by atoms with Crippen LogP contribution in [0.1, 0.15) is 39.6 Å². The molecule has 0 aliphatic carbocycles. The Hall–Kier alpha value is -2.29. The van der Waals surface area contributed by atoms with E-state index >= 15 is 0 Å².